The van der Waals surface area contributed by atoms with Gasteiger partial charge in [-0.1, -0.05) is 13.8 Å². The van der Waals surface area contributed by atoms with Gasteiger partial charge in [-0.05, 0) is 64.7 Å². The summed E-state index contributed by atoms with van der Waals surface area (Å²) in [5.41, 5.74) is 2.02. The van der Waals surface area contributed by atoms with Gasteiger partial charge in [-0.25, -0.2) is 14.6 Å². The highest BCUT2D eigenvalue weighted by molar-refractivity contribution is 6.18. The molecular weight excluding hydrogens is 569 g/mol. The zero-order valence-electron chi connectivity index (χ0n) is 25.3. The van der Waals surface area contributed by atoms with Crippen LogP contribution < -0.4 is 15.5 Å². The summed E-state index contributed by atoms with van der Waals surface area (Å²) >= 11 is 12.0. The minimum absolute atomic E-state index is 0.108. The van der Waals surface area contributed by atoms with Crippen LogP contribution in [-0.2, 0) is 32.5 Å². The van der Waals surface area contributed by atoms with Crippen molar-refractivity contribution in [3.05, 3.63) is 24.0 Å². The van der Waals surface area contributed by atoms with Crippen molar-refractivity contribution < 1.29 is 23.9 Å². The molecule has 0 aliphatic carbocycles. The molecule has 0 radical (unpaired) electrons. The number of hydrogen-bond donors (Lipinski definition) is 2. The highest BCUT2D eigenvalue weighted by atomic mass is 35.5. The second-order valence-electron chi connectivity index (χ2n) is 11.3. The maximum atomic E-state index is 13.3. The number of esters is 1. The minimum atomic E-state index is -0.921. The predicted molar refractivity (Wildman–Crippen MR) is 164 cm³/mol. The van der Waals surface area contributed by atoms with E-state index < -0.39 is 35.7 Å². The van der Waals surface area contributed by atoms with Gasteiger partial charge in [0.25, 0.3) is 0 Å². The molecule has 2 rings (SSSR count). The van der Waals surface area contributed by atoms with Gasteiger partial charge >= 0.3 is 12.1 Å². The van der Waals surface area contributed by atoms with Gasteiger partial charge in [-0.15, -0.1) is 23.2 Å². The SMILES string of the molecule is CCOC(=O)[C@H](CCc1nc2cc(N(CCCl)CCCl)ccc2n1C)NC(=O)[C@H](CC(C)C)NC(=O)OC(C)(C)C. The Morgan fingerprint density at radius 2 is 1.73 bits per heavy atom. The molecule has 1 aromatic carbocycles. The Kier molecular flexibility index (Phi) is 13.5. The van der Waals surface area contributed by atoms with E-state index >= 15 is 0 Å². The second kappa shape index (κ2) is 16.1. The molecule has 2 amide bonds. The van der Waals surface area contributed by atoms with Gasteiger partial charge in [0.1, 0.15) is 23.5 Å². The molecule has 2 aromatic rings. The van der Waals surface area contributed by atoms with Crippen LogP contribution in [0.25, 0.3) is 11.0 Å². The van der Waals surface area contributed by atoms with Crippen molar-refractivity contribution in [2.45, 2.75) is 78.5 Å². The molecular formula is C29H45Cl2N5O5. The van der Waals surface area contributed by atoms with Gasteiger partial charge in [-0.2, -0.15) is 0 Å². The second-order valence-corrected chi connectivity index (χ2v) is 12.1. The summed E-state index contributed by atoms with van der Waals surface area (Å²) in [6.07, 6.45) is 0.352. The van der Waals surface area contributed by atoms with Gasteiger partial charge in [0.2, 0.25) is 5.91 Å². The Labute approximate surface area is 253 Å². The smallest absolute Gasteiger partial charge is 0.408 e. The standard InChI is InChI=1S/C29H45Cl2N5O5/c1-8-40-27(38)21(33-26(37)23(17-19(2)3)34-28(39)41-29(4,5)6)10-12-25-32-22-18-20(9-11-24(22)35(25)7)36(15-13-30)16-14-31/h9,11,18-19,21,23H,8,10,12-17H2,1-7H3,(H,33,37)(H,34,39)/t21-,23-/m0/s1. The molecule has 1 aromatic heterocycles. The molecule has 2 atom stereocenters. The van der Waals surface area contributed by atoms with Crippen LogP contribution in [-0.4, -0.2) is 76.7 Å². The van der Waals surface area contributed by atoms with Crippen molar-refractivity contribution in [1.82, 2.24) is 20.2 Å². The maximum Gasteiger partial charge on any atom is 0.408 e. The summed E-state index contributed by atoms with van der Waals surface area (Å²) in [7, 11) is 1.92. The van der Waals surface area contributed by atoms with Crippen molar-refractivity contribution in [3.63, 3.8) is 0 Å². The number of hydrogen-bond acceptors (Lipinski definition) is 7. The van der Waals surface area contributed by atoms with Crippen LogP contribution in [0.2, 0.25) is 0 Å². The highest BCUT2D eigenvalue weighted by Crippen LogP contribution is 2.23. The van der Waals surface area contributed by atoms with E-state index in [0.29, 0.717) is 37.7 Å². The fourth-order valence-electron chi connectivity index (χ4n) is 4.42. The highest BCUT2D eigenvalue weighted by Gasteiger charge is 2.30. The third-order valence-corrected chi connectivity index (χ3v) is 6.63. The number of aryl methyl sites for hydroxylation is 2. The predicted octanol–water partition coefficient (Wildman–Crippen LogP) is 4.78. The number of halogens is 2. The Hall–Kier alpha value is -2.72. The van der Waals surface area contributed by atoms with E-state index in [2.05, 4.69) is 15.5 Å². The average molecular weight is 615 g/mol. The molecule has 41 heavy (non-hydrogen) atoms. The molecule has 0 spiro atoms. The fraction of sp³-hybridized carbons (Fsp3) is 0.655. The quantitative estimate of drug-likeness (QED) is 0.219. The first-order valence-electron chi connectivity index (χ1n) is 14.1. The minimum Gasteiger partial charge on any atom is -0.464 e. The number of nitrogens with zero attached hydrogens (tertiary/aromatic N) is 3. The number of anilines is 1. The third kappa shape index (κ3) is 10.9. The van der Waals surface area contributed by atoms with Crippen molar-refractivity contribution in [1.29, 1.82) is 0 Å². The zero-order valence-corrected chi connectivity index (χ0v) is 26.8. The summed E-state index contributed by atoms with van der Waals surface area (Å²) < 4.78 is 12.6. The van der Waals surface area contributed by atoms with Gasteiger partial charge in [-0.3, -0.25) is 4.79 Å². The number of alkyl carbamates (subject to hydrolysis) is 1. The van der Waals surface area contributed by atoms with Crippen LogP contribution in [0.15, 0.2) is 18.2 Å². The number of ether oxygens (including phenoxy) is 2. The van der Waals surface area contributed by atoms with Crippen LogP contribution in [0, 0.1) is 5.92 Å². The number of aromatic nitrogens is 2. The molecule has 0 bridgehead atoms. The summed E-state index contributed by atoms with van der Waals surface area (Å²) in [6, 6.07) is 4.22. The van der Waals surface area contributed by atoms with Crippen LogP contribution in [0.3, 0.4) is 0 Å². The molecule has 0 fully saturated rings. The number of amides is 2. The molecule has 12 heteroatoms. The number of benzene rings is 1. The van der Waals surface area contributed by atoms with E-state index in [0.717, 1.165) is 22.5 Å². The number of rotatable bonds is 15. The van der Waals surface area contributed by atoms with Gasteiger partial charge in [0, 0.05) is 44.0 Å². The van der Waals surface area contributed by atoms with E-state index in [1.807, 2.05) is 43.7 Å². The largest absolute Gasteiger partial charge is 0.464 e. The molecule has 230 valence electrons. The lowest BCUT2D eigenvalue weighted by Gasteiger charge is -2.25. The Morgan fingerprint density at radius 3 is 2.29 bits per heavy atom. The normalized spacial score (nSPS) is 13.1. The van der Waals surface area contributed by atoms with Crippen LogP contribution in [0.5, 0.6) is 0 Å². The van der Waals surface area contributed by atoms with E-state index in [1.54, 1.807) is 27.7 Å². The Morgan fingerprint density at radius 1 is 1.07 bits per heavy atom. The summed E-state index contributed by atoms with van der Waals surface area (Å²) in [4.78, 5) is 45.5. The van der Waals surface area contributed by atoms with Crippen molar-refractivity contribution in [2.24, 2.45) is 13.0 Å². The zero-order chi connectivity index (χ0) is 30.7. The average Bonchev–Trinajstić information content (AvgIpc) is 3.19. The lowest BCUT2D eigenvalue weighted by atomic mass is 10.0. The topological polar surface area (TPSA) is 115 Å². The third-order valence-electron chi connectivity index (χ3n) is 6.29. The maximum absolute atomic E-state index is 13.3. The molecule has 1 heterocycles. The number of imidazole rings is 1. The number of carbonyl (C=O) groups excluding carboxylic acids is 3. The number of carbonyl (C=O) groups is 3. The van der Waals surface area contributed by atoms with E-state index in [1.165, 1.54) is 0 Å². The fourth-order valence-corrected chi connectivity index (χ4v) is 4.83. The number of nitrogens with one attached hydrogen (secondary N) is 2. The molecule has 0 aliphatic rings. The monoisotopic (exact) mass is 613 g/mol. The summed E-state index contributed by atoms with van der Waals surface area (Å²) in [5, 5.41) is 5.45. The lowest BCUT2D eigenvalue weighted by molar-refractivity contribution is -0.147. The Balaban J connectivity index is 2.23. The molecule has 10 nitrogen and oxygen atoms in total. The first-order chi connectivity index (χ1) is 19.3. The van der Waals surface area contributed by atoms with Gasteiger partial charge < -0.3 is 29.6 Å². The first-order valence-corrected chi connectivity index (χ1v) is 15.1. The van der Waals surface area contributed by atoms with Crippen molar-refractivity contribution >= 4 is 57.9 Å². The van der Waals surface area contributed by atoms with Crippen LogP contribution in [0.4, 0.5) is 10.5 Å². The van der Waals surface area contributed by atoms with Gasteiger partial charge in [0.15, 0.2) is 0 Å². The molecule has 0 unspecified atom stereocenters. The van der Waals surface area contributed by atoms with Gasteiger partial charge in [0.05, 0.1) is 17.6 Å². The molecule has 0 saturated heterocycles. The number of alkyl halides is 2. The summed E-state index contributed by atoms with van der Waals surface area (Å²) in [5.74, 6) is 0.809. The van der Waals surface area contributed by atoms with Crippen LogP contribution in [0.1, 0.15) is 60.2 Å². The molecule has 0 saturated carbocycles. The molecule has 2 N–H and O–H groups in total. The molecule has 0 aliphatic heterocycles. The number of fused-ring (bicyclic) bond motifs is 1. The van der Waals surface area contributed by atoms with E-state index in [4.69, 9.17) is 37.7 Å². The Bertz CT molecular complexity index is 1160. The first kappa shape index (κ1) is 34.5. The van der Waals surface area contributed by atoms with Crippen molar-refractivity contribution in [2.75, 3.05) is 36.4 Å². The van der Waals surface area contributed by atoms with Crippen molar-refractivity contribution in [3.8, 4) is 0 Å². The summed E-state index contributed by atoms with van der Waals surface area (Å²) in [6.45, 7) is 12.4. The van der Waals surface area contributed by atoms with E-state index in [9.17, 15) is 14.4 Å². The van der Waals surface area contributed by atoms with E-state index in [-0.39, 0.29) is 18.9 Å². The lowest BCUT2D eigenvalue weighted by Crippen LogP contribution is -2.53. The van der Waals surface area contributed by atoms with Crippen LogP contribution >= 0.6 is 23.2 Å².